The van der Waals surface area contributed by atoms with Crippen LogP contribution in [-0.2, 0) is 16.1 Å². The molecule has 172 valence electrons. The Morgan fingerprint density at radius 3 is 2.24 bits per heavy atom. The van der Waals surface area contributed by atoms with Crippen molar-refractivity contribution in [2.75, 3.05) is 19.0 Å². The van der Waals surface area contributed by atoms with Crippen LogP contribution in [0.15, 0.2) is 48.5 Å². The van der Waals surface area contributed by atoms with Crippen LogP contribution < -0.4 is 16.4 Å². The molecule has 0 fully saturated rings. The van der Waals surface area contributed by atoms with E-state index >= 15 is 0 Å². The average Bonchev–Trinajstić information content (AvgIpc) is 2.81. The zero-order valence-electron chi connectivity index (χ0n) is 18.8. The SMILES string of the molecule is COC(=O)[C@H](CN)NC(=O)c1c(C)nc(NCc2ccccc2-c2ccccc2O)nc1C. The number of ether oxygens (including phenoxy) is 1. The Morgan fingerprint density at radius 1 is 1.03 bits per heavy atom. The van der Waals surface area contributed by atoms with Crippen LogP contribution in [0, 0.1) is 13.8 Å². The third-order valence-corrected chi connectivity index (χ3v) is 5.17. The lowest BCUT2D eigenvalue weighted by molar-refractivity contribution is -0.142. The van der Waals surface area contributed by atoms with E-state index in [4.69, 9.17) is 5.73 Å². The molecule has 2 aromatic carbocycles. The van der Waals surface area contributed by atoms with Crippen LogP contribution >= 0.6 is 0 Å². The number of carbonyl (C=O) groups is 2. The molecule has 0 aliphatic heterocycles. The summed E-state index contributed by atoms with van der Waals surface area (Å²) < 4.78 is 4.65. The number of amides is 1. The van der Waals surface area contributed by atoms with Gasteiger partial charge in [-0.3, -0.25) is 4.79 Å². The Bertz CT molecular complexity index is 1140. The van der Waals surface area contributed by atoms with Gasteiger partial charge in [0.25, 0.3) is 5.91 Å². The van der Waals surface area contributed by atoms with Gasteiger partial charge in [0.05, 0.1) is 24.1 Å². The molecule has 0 saturated heterocycles. The van der Waals surface area contributed by atoms with E-state index in [2.05, 4.69) is 25.3 Å². The second kappa shape index (κ2) is 10.6. The first-order chi connectivity index (χ1) is 15.8. The number of carbonyl (C=O) groups excluding carboxylic acids is 2. The largest absolute Gasteiger partial charge is 0.507 e. The molecule has 9 nitrogen and oxygen atoms in total. The van der Waals surface area contributed by atoms with Crippen molar-refractivity contribution in [2.45, 2.75) is 26.4 Å². The third-order valence-electron chi connectivity index (χ3n) is 5.17. The summed E-state index contributed by atoms with van der Waals surface area (Å²) in [6.07, 6.45) is 0. The zero-order chi connectivity index (χ0) is 24.0. The highest BCUT2D eigenvalue weighted by Gasteiger charge is 2.23. The molecule has 0 saturated carbocycles. The van der Waals surface area contributed by atoms with Crippen molar-refractivity contribution >= 4 is 17.8 Å². The first-order valence-electron chi connectivity index (χ1n) is 10.4. The molecule has 1 heterocycles. The molecule has 9 heteroatoms. The number of aryl methyl sites for hydroxylation is 2. The normalized spacial score (nSPS) is 11.5. The standard InChI is InChI=1S/C24H27N5O4/c1-14-21(22(31)29-19(12-25)23(32)33-3)15(2)28-24(27-14)26-13-16-8-4-5-9-17(16)18-10-6-7-11-20(18)30/h4-11,19,30H,12-13,25H2,1-3H3,(H,29,31)(H,26,27,28)/t19-/m0/s1. The maximum atomic E-state index is 12.7. The van der Waals surface area contributed by atoms with E-state index < -0.39 is 17.9 Å². The highest BCUT2D eigenvalue weighted by molar-refractivity contribution is 5.98. The van der Waals surface area contributed by atoms with Crippen molar-refractivity contribution in [1.82, 2.24) is 15.3 Å². The highest BCUT2D eigenvalue weighted by atomic mass is 16.5. The van der Waals surface area contributed by atoms with E-state index in [1.807, 2.05) is 36.4 Å². The monoisotopic (exact) mass is 449 g/mol. The van der Waals surface area contributed by atoms with Gasteiger partial charge in [0.1, 0.15) is 11.8 Å². The average molecular weight is 450 g/mol. The molecule has 0 spiro atoms. The van der Waals surface area contributed by atoms with Gasteiger partial charge >= 0.3 is 5.97 Å². The molecular weight excluding hydrogens is 422 g/mol. The van der Waals surface area contributed by atoms with Crippen molar-refractivity contribution in [1.29, 1.82) is 0 Å². The topological polar surface area (TPSA) is 139 Å². The minimum absolute atomic E-state index is 0.0899. The summed E-state index contributed by atoms with van der Waals surface area (Å²) in [6.45, 7) is 3.71. The summed E-state index contributed by atoms with van der Waals surface area (Å²) in [5.74, 6) is -0.561. The molecule has 0 radical (unpaired) electrons. The van der Waals surface area contributed by atoms with Gasteiger partial charge in [0.2, 0.25) is 5.95 Å². The summed E-state index contributed by atoms with van der Waals surface area (Å²) in [5.41, 5.74) is 9.32. The van der Waals surface area contributed by atoms with E-state index in [0.29, 0.717) is 23.9 Å². The van der Waals surface area contributed by atoms with Gasteiger partial charge in [0, 0.05) is 18.7 Å². The summed E-state index contributed by atoms with van der Waals surface area (Å²) in [4.78, 5) is 33.2. The summed E-state index contributed by atoms with van der Waals surface area (Å²) in [6, 6.07) is 13.9. The number of nitrogens with one attached hydrogen (secondary N) is 2. The van der Waals surface area contributed by atoms with Gasteiger partial charge in [-0.2, -0.15) is 0 Å². The lowest BCUT2D eigenvalue weighted by atomic mass is 9.99. The number of aromatic hydroxyl groups is 1. The summed E-state index contributed by atoms with van der Waals surface area (Å²) in [7, 11) is 1.23. The molecule has 0 unspecified atom stereocenters. The number of methoxy groups -OCH3 is 1. The van der Waals surface area contributed by atoms with Crippen molar-refractivity contribution in [3.8, 4) is 16.9 Å². The maximum absolute atomic E-state index is 12.7. The van der Waals surface area contributed by atoms with E-state index in [1.54, 1.807) is 26.0 Å². The number of nitrogens with zero attached hydrogens (tertiary/aromatic N) is 2. The van der Waals surface area contributed by atoms with Crippen molar-refractivity contribution in [3.05, 3.63) is 71.0 Å². The fourth-order valence-electron chi connectivity index (χ4n) is 3.52. The molecule has 1 aromatic heterocycles. The van der Waals surface area contributed by atoms with Crippen LogP contribution in [0.5, 0.6) is 5.75 Å². The third kappa shape index (κ3) is 5.45. The Labute approximate surface area is 192 Å². The number of nitrogens with two attached hydrogens (primary N) is 1. The molecular formula is C24H27N5O4. The molecule has 1 atom stereocenters. The second-order valence-corrected chi connectivity index (χ2v) is 7.41. The van der Waals surface area contributed by atoms with E-state index in [1.165, 1.54) is 7.11 Å². The summed E-state index contributed by atoms with van der Waals surface area (Å²) >= 11 is 0. The van der Waals surface area contributed by atoms with Gasteiger partial charge in [0.15, 0.2) is 0 Å². The van der Waals surface area contributed by atoms with Crippen LogP contribution in [0.4, 0.5) is 5.95 Å². The van der Waals surface area contributed by atoms with Crippen LogP contribution in [0.25, 0.3) is 11.1 Å². The van der Waals surface area contributed by atoms with Gasteiger partial charge in [-0.1, -0.05) is 42.5 Å². The first kappa shape index (κ1) is 23.7. The molecule has 5 N–H and O–H groups in total. The number of rotatable bonds is 8. The van der Waals surface area contributed by atoms with Gasteiger partial charge in [-0.05, 0) is 31.0 Å². The molecule has 3 rings (SSSR count). The zero-order valence-corrected chi connectivity index (χ0v) is 18.8. The number of phenols is 1. The van der Waals surface area contributed by atoms with E-state index in [-0.39, 0.29) is 17.9 Å². The van der Waals surface area contributed by atoms with Crippen LogP contribution in [0.1, 0.15) is 27.3 Å². The minimum atomic E-state index is -0.954. The molecule has 1 amide bonds. The van der Waals surface area contributed by atoms with Gasteiger partial charge < -0.3 is 26.2 Å². The molecule has 33 heavy (non-hydrogen) atoms. The lowest BCUT2D eigenvalue weighted by Gasteiger charge is -2.17. The Hall–Kier alpha value is -3.98. The minimum Gasteiger partial charge on any atom is -0.507 e. The van der Waals surface area contributed by atoms with Crippen LogP contribution in [-0.4, -0.2) is 46.6 Å². The van der Waals surface area contributed by atoms with E-state index in [0.717, 1.165) is 16.7 Å². The number of para-hydroxylation sites is 1. The summed E-state index contributed by atoms with van der Waals surface area (Å²) in [5, 5.41) is 16.0. The Balaban J connectivity index is 1.79. The number of phenolic OH excluding ortho intramolecular Hbond substituents is 1. The molecule has 0 aliphatic rings. The smallest absolute Gasteiger partial charge is 0.329 e. The number of hydrogen-bond donors (Lipinski definition) is 4. The number of benzene rings is 2. The highest BCUT2D eigenvalue weighted by Crippen LogP contribution is 2.31. The number of aromatic nitrogens is 2. The lowest BCUT2D eigenvalue weighted by Crippen LogP contribution is -2.46. The van der Waals surface area contributed by atoms with Crippen LogP contribution in [0.3, 0.4) is 0 Å². The number of anilines is 1. The van der Waals surface area contributed by atoms with E-state index in [9.17, 15) is 14.7 Å². The molecule has 0 bridgehead atoms. The van der Waals surface area contributed by atoms with Crippen molar-refractivity contribution in [2.24, 2.45) is 5.73 Å². The first-order valence-corrected chi connectivity index (χ1v) is 10.4. The fraction of sp³-hybridized carbons (Fsp3) is 0.250. The quantitative estimate of drug-likeness (QED) is 0.384. The number of esters is 1. The fourth-order valence-corrected chi connectivity index (χ4v) is 3.52. The molecule has 0 aliphatic carbocycles. The van der Waals surface area contributed by atoms with Crippen molar-refractivity contribution in [3.63, 3.8) is 0 Å². The van der Waals surface area contributed by atoms with Gasteiger partial charge in [-0.25, -0.2) is 14.8 Å². The van der Waals surface area contributed by atoms with Crippen LogP contribution in [0.2, 0.25) is 0 Å². The second-order valence-electron chi connectivity index (χ2n) is 7.41. The number of hydrogen-bond acceptors (Lipinski definition) is 8. The predicted octanol–water partition coefficient (Wildman–Crippen LogP) is 2.31. The Kier molecular flexibility index (Phi) is 7.57. The van der Waals surface area contributed by atoms with Gasteiger partial charge in [-0.15, -0.1) is 0 Å². The molecule has 3 aromatic rings. The van der Waals surface area contributed by atoms with Crippen molar-refractivity contribution < 1.29 is 19.4 Å². The predicted molar refractivity (Wildman–Crippen MR) is 125 cm³/mol. The Morgan fingerprint density at radius 2 is 1.64 bits per heavy atom. The maximum Gasteiger partial charge on any atom is 0.329 e.